The molecule has 1 aliphatic heterocycles. The second-order valence-corrected chi connectivity index (χ2v) is 3.62. The fourth-order valence-electron chi connectivity index (χ4n) is 1.20. The molecule has 0 N–H and O–H groups in total. The van der Waals surface area contributed by atoms with E-state index in [9.17, 15) is 0 Å². The molecule has 0 aromatic carbocycles. The normalized spacial score (nSPS) is 16.2. The van der Waals surface area contributed by atoms with E-state index in [1.807, 2.05) is 13.1 Å². The highest BCUT2D eigenvalue weighted by Crippen LogP contribution is 2.23. The van der Waals surface area contributed by atoms with Gasteiger partial charge in [-0.1, -0.05) is 6.08 Å². The van der Waals surface area contributed by atoms with Gasteiger partial charge in [0.25, 0.3) is 0 Å². The highest BCUT2D eigenvalue weighted by Gasteiger charge is 2.05. The van der Waals surface area contributed by atoms with Gasteiger partial charge in [0.1, 0.15) is 0 Å². The number of hydrogen-bond acceptors (Lipinski definition) is 3. The molecule has 2 nitrogen and oxygen atoms in total. The molecule has 0 radical (unpaired) electrons. The van der Waals surface area contributed by atoms with Gasteiger partial charge in [0.05, 0.1) is 17.1 Å². The number of allylic oxidation sites excluding steroid dienone is 1. The van der Waals surface area contributed by atoms with Gasteiger partial charge in [-0.25, -0.2) is 0 Å². The Labute approximate surface area is 75.8 Å². The van der Waals surface area contributed by atoms with Crippen LogP contribution in [0, 0.1) is 6.92 Å². The average Bonchev–Trinajstić information content (AvgIpc) is 2.54. The molecule has 1 aromatic heterocycles. The molecule has 0 atom stereocenters. The maximum atomic E-state index is 4.25. The highest BCUT2D eigenvalue weighted by atomic mass is 32.1. The van der Waals surface area contributed by atoms with Gasteiger partial charge in [-0.3, -0.25) is 4.99 Å². The third kappa shape index (κ3) is 1.46. The van der Waals surface area contributed by atoms with Crippen LogP contribution in [0.15, 0.2) is 17.1 Å². The lowest BCUT2D eigenvalue weighted by atomic mass is 10.1. The molecule has 3 heteroatoms. The quantitative estimate of drug-likeness (QED) is 0.647. The van der Waals surface area contributed by atoms with E-state index in [-0.39, 0.29) is 0 Å². The van der Waals surface area contributed by atoms with Gasteiger partial charge in [-0.15, -0.1) is 0 Å². The zero-order chi connectivity index (χ0) is 8.39. The van der Waals surface area contributed by atoms with Crippen LogP contribution >= 0.6 is 11.5 Å². The third-order valence-electron chi connectivity index (χ3n) is 1.83. The largest absolute Gasteiger partial charge is 0.293 e. The van der Waals surface area contributed by atoms with E-state index in [2.05, 4.69) is 21.5 Å². The Bertz CT molecular complexity index is 336. The van der Waals surface area contributed by atoms with Gasteiger partial charge in [0.2, 0.25) is 0 Å². The van der Waals surface area contributed by atoms with E-state index in [1.54, 1.807) is 11.5 Å². The van der Waals surface area contributed by atoms with E-state index in [0.29, 0.717) is 0 Å². The lowest BCUT2D eigenvalue weighted by Gasteiger charge is -2.03. The van der Waals surface area contributed by atoms with Gasteiger partial charge in [-0.05, 0) is 30.1 Å². The van der Waals surface area contributed by atoms with Gasteiger partial charge < -0.3 is 0 Å². The summed E-state index contributed by atoms with van der Waals surface area (Å²) in [5, 5.41) is 0. The summed E-state index contributed by atoms with van der Waals surface area (Å²) in [5.41, 5.74) is 2.48. The van der Waals surface area contributed by atoms with Crippen molar-refractivity contribution in [1.82, 2.24) is 4.37 Å². The predicted molar refractivity (Wildman–Crippen MR) is 52.8 cm³/mol. The second kappa shape index (κ2) is 3.19. The number of nitrogens with zero attached hydrogens (tertiary/aromatic N) is 2. The first kappa shape index (κ1) is 7.68. The molecule has 2 heterocycles. The summed E-state index contributed by atoms with van der Waals surface area (Å²) in [6, 6.07) is 2.13. The maximum Gasteiger partial charge on any atom is 0.0572 e. The minimum Gasteiger partial charge on any atom is -0.293 e. The summed E-state index contributed by atoms with van der Waals surface area (Å²) in [4.78, 5) is 5.43. The number of aromatic nitrogens is 1. The van der Waals surface area contributed by atoms with Gasteiger partial charge >= 0.3 is 0 Å². The van der Waals surface area contributed by atoms with Crippen molar-refractivity contribution in [2.45, 2.75) is 13.3 Å². The highest BCUT2D eigenvalue weighted by molar-refractivity contribution is 7.07. The SMILES string of the molecule is Cc1cc(C2=CCN=CC2)sn1. The van der Waals surface area contributed by atoms with E-state index >= 15 is 0 Å². The van der Waals surface area contributed by atoms with Crippen LogP contribution in [0.5, 0.6) is 0 Å². The number of dihydropyridines is 1. The molecule has 0 amide bonds. The van der Waals surface area contributed by atoms with Gasteiger partial charge in [0, 0.05) is 12.6 Å². The summed E-state index contributed by atoms with van der Waals surface area (Å²) in [6.07, 6.45) is 5.11. The molecule has 1 aromatic rings. The lowest BCUT2D eigenvalue weighted by molar-refractivity contribution is 1.21. The lowest BCUT2D eigenvalue weighted by Crippen LogP contribution is -1.91. The number of rotatable bonds is 1. The summed E-state index contributed by atoms with van der Waals surface area (Å²) in [5.74, 6) is 0. The molecule has 0 saturated carbocycles. The molecule has 2 rings (SSSR count). The average molecular weight is 178 g/mol. The molecular weight excluding hydrogens is 168 g/mol. The van der Waals surface area contributed by atoms with Crippen LogP contribution in [0.25, 0.3) is 5.57 Å². The summed E-state index contributed by atoms with van der Waals surface area (Å²) in [7, 11) is 0. The Balaban J connectivity index is 2.25. The van der Waals surface area contributed by atoms with Crippen LogP contribution in [0.2, 0.25) is 0 Å². The number of hydrogen-bond donors (Lipinski definition) is 0. The van der Waals surface area contributed by atoms with E-state index in [1.165, 1.54) is 10.5 Å². The first-order chi connectivity index (χ1) is 5.86. The Morgan fingerprint density at radius 1 is 1.50 bits per heavy atom. The zero-order valence-electron chi connectivity index (χ0n) is 6.95. The van der Waals surface area contributed by atoms with Crippen molar-refractivity contribution < 1.29 is 0 Å². The topological polar surface area (TPSA) is 25.2 Å². The molecule has 0 fully saturated rings. The first-order valence-electron chi connectivity index (χ1n) is 3.97. The molecule has 0 aliphatic carbocycles. The molecule has 0 saturated heterocycles. The Morgan fingerprint density at radius 2 is 2.42 bits per heavy atom. The van der Waals surface area contributed by atoms with E-state index in [0.717, 1.165) is 18.7 Å². The molecule has 62 valence electrons. The van der Waals surface area contributed by atoms with Crippen LogP contribution < -0.4 is 0 Å². The van der Waals surface area contributed by atoms with Crippen LogP contribution in [-0.4, -0.2) is 17.1 Å². The molecule has 0 unspecified atom stereocenters. The van der Waals surface area contributed by atoms with Gasteiger partial charge in [-0.2, -0.15) is 4.37 Å². The first-order valence-corrected chi connectivity index (χ1v) is 4.74. The van der Waals surface area contributed by atoms with Crippen molar-refractivity contribution in [1.29, 1.82) is 0 Å². The third-order valence-corrected chi connectivity index (χ3v) is 2.78. The molecule has 0 spiro atoms. The molecule has 12 heavy (non-hydrogen) atoms. The monoisotopic (exact) mass is 178 g/mol. The number of aryl methyl sites for hydroxylation is 1. The predicted octanol–water partition coefficient (Wildman–Crippen LogP) is 2.31. The second-order valence-electron chi connectivity index (χ2n) is 2.81. The molecule has 0 bridgehead atoms. The Hall–Kier alpha value is -0.960. The standard InChI is InChI=1S/C9H10N2S/c1-7-6-9(12-11-7)8-2-4-10-5-3-8/h2,5-6H,3-4H2,1H3. The van der Waals surface area contributed by atoms with E-state index in [4.69, 9.17) is 0 Å². The van der Waals surface area contributed by atoms with Crippen molar-refractivity contribution in [3.8, 4) is 0 Å². The van der Waals surface area contributed by atoms with Crippen molar-refractivity contribution in [3.05, 3.63) is 22.7 Å². The van der Waals surface area contributed by atoms with Crippen molar-refractivity contribution in [2.24, 2.45) is 4.99 Å². The van der Waals surface area contributed by atoms with Crippen molar-refractivity contribution >= 4 is 23.3 Å². The summed E-state index contributed by atoms with van der Waals surface area (Å²) in [6.45, 7) is 2.85. The van der Waals surface area contributed by atoms with Crippen molar-refractivity contribution in [2.75, 3.05) is 6.54 Å². The Morgan fingerprint density at radius 3 is 3.00 bits per heavy atom. The minimum atomic E-state index is 0.826. The fourth-order valence-corrected chi connectivity index (χ4v) is 2.00. The molecular formula is C9H10N2S. The zero-order valence-corrected chi connectivity index (χ0v) is 7.77. The van der Waals surface area contributed by atoms with E-state index < -0.39 is 0 Å². The van der Waals surface area contributed by atoms with Crippen LogP contribution in [0.1, 0.15) is 17.0 Å². The number of aliphatic imine (C=N–C) groups is 1. The molecule has 1 aliphatic rings. The summed E-state index contributed by atoms with van der Waals surface area (Å²) < 4.78 is 4.25. The smallest absolute Gasteiger partial charge is 0.0572 e. The fraction of sp³-hybridized carbons (Fsp3) is 0.333. The van der Waals surface area contributed by atoms with Crippen LogP contribution in [0.3, 0.4) is 0 Å². The van der Waals surface area contributed by atoms with Crippen LogP contribution in [0.4, 0.5) is 0 Å². The maximum absolute atomic E-state index is 4.25. The minimum absolute atomic E-state index is 0.826. The summed E-state index contributed by atoms with van der Waals surface area (Å²) >= 11 is 1.58. The van der Waals surface area contributed by atoms with Gasteiger partial charge in [0.15, 0.2) is 0 Å². The van der Waals surface area contributed by atoms with Crippen molar-refractivity contribution in [3.63, 3.8) is 0 Å². The Kier molecular flexibility index (Phi) is 2.04. The van der Waals surface area contributed by atoms with Crippen LogP contribution in [-0.2, 0) is 0 Å².